The molecule has 3 heterocycles. The largest absolute Gasteiger partial charge is 0.360 e. The average molecular weight is 497 g/mol. The van der Waals surface area contributed by atoms with Gasteiger partial charge < -0.3 is 10.2 Å². The second kappa shape index (κ2) is 7.97. The van der Waals surface area contributed by atoms with Gasteiger partial charge >= 0.3 is 0 Å². The fourth-order valence-corrected chi connectivity index (χ4v) is 8.01. The molecule has 0 spiro atoms. The highest BCUT2D eigenvalue weighted by molar-refractivity contribution is 7.89. The van der Waals surface area contributed by atoms with Crippen molar-refractivity contribution in [2.45, 2.75) is 42.7 Å². The second-order valence-electron chi connectivity index (χ2n) is 8.55. The normalized spacial score (nSPS) is 18.8. The van der Waals surface area contributed by atoms with E-state index in [1.165, 1.54) is 29.1 Å². The molecular formula is C21H25ClN4O2S3. The van der Waals surface area contributed by atoms with Gasteiger partial charge in [-0.05, 0) is 68.9 Å². The predicted octanol–water partition coefficient (Wildman–Crippen LogP) is 4.65. The SMILES string of the molecule is CN(C)C1(CNc2nc3cc(Cl)c(S(=O)(=O)N4CCCc5sccc5C4)cc3s2)CC1. The summed E-state index contributed by atoms with van der Waals surface area (Å²) in [6.07, 6.45) is 4.08. The van der Waals surface area contributed by atoms with Gasteiger partial charge in [0.25, 0.3) is 0 Å². The van der Waals surface area contributed by atoms with Crippen LogP contribution in [0.1, 0.15) is 29.7 Å². The van der Waals surface area contributed by atoms with Crippen molar-refractivity contribution in [3.8, 4) is 0 Å². The first-order valence-corrected chi connectivity index (χ1v) is 13.9. The number of halogens is 1. The maximum absolute atomic E-state index is 13.5. The minimum atomic E-state index is -3.70. The average Bonchev–Trinajstić information content (AvgIpc) is 3.32. The smallest absolute Gasteiger partial charge is 0.244 e. The first-order valence-electron chi connectivity index (χ1n) is 10.4. The summed E-state index contributed by atoms with van der Waals surface area (Å²) in [5.74, 6) is 0. The second-order valence-corrected chi connectivity index (χ2v) is 12.9. The number of thiophene rings is 1. The first kappa shape index (κ1) is 21.6. The van der Waals surface area contributed by atoms with Crippen LogP contribution in [0.2, 0.25) is 5.02 Å². The highest BCUT2D eigenvalue weighted by Gasteiger charge is 2.44. The lowest BCUT2D eigenvalue weighted by Crippen LogP contribution is -2.36. The van der Waals surface area contributed by atoms with Crippen LogP contribution in [-0.2, 0) is 23.0 Å². The number of benzene rings is 1. The maximum Gasteiger partial charge on any atom is 0.244 e. The van der Waals surface area contributed by atoms with Gasteiger partial charge in [0.05, 0.1) is 15.2 Å². The van der Waals surface area contributed by atoms with Gasteiger partial charge in [0.2, 0.25) is 10.0 Å². The van der Waals surface area contributed by atoms with E-state index < -0.39 is 10.0 Å². The van der Waals surface area contributed by atoms with Crippen LogP contribution >= 0.6 is 34.3 Å². The van der Waals surface area contributed by atoms with Crippen molar-refractivity contribution in [1.82, 2.24) is 14.2 Å². The van der Waals surface area contributed by atoms with Gasteiger partial charge in [0, 0.05) is 30.1 Å². The number of nitrogens with one attached hydrogen (secondary N) is 1. The number of hydrogen-bond acceptors (Lipinski definition) is 7. The Labute approximate surface area is 195 Å². The van der Waals surface area contributed by atoms with E-state index in [1.54, 1.807) is 27.8 Å². The quantitative estimate of drug-likeness (QED) is 0.538. The lowest BCUT2D eigenvalue weighted by molar-refractivity contribution is 0.284. The van der Waals surface area contributed by atoms with Crippen LogP contribution in [0.4, 0.5) is 5.13 Å². The molecule has 0 atom stereocenters. The molecule has 0 bridgehead atoms. The topological polar surface area (TPSA) is 65.5 Å². The molecule has 6 nitrogen and oxygen atoms in total. The van der Waals surface area contributed by atoms with Gasteiger partial charge in [-0.1, -0.05) is 22.9 Å². The number of nitrogens with zero attached hydrogens (tertiary/aromatic N) is 3. The van der Waals surface area contributed by atoms with E-state index in [2.05, 4.69) is 29.3 Å². The Morgan fingerprint density at radius 1 is 1.32 bits per heavy atom. The fourth-order valence-electron chi connectivity index (χ4n) is 4.13. The van der Waals surface area contributed by atoms with E-state index in [9.17, 15) is 8.42 Å². The molecule has 1 N–H and O–H groups in total. The van der Waals surface area contributed by atoms with E-state index in [-0.39, 0.29) is 15.5 Å². The Kier molecular flexibility index (Phi) is 5.55. The Morgan fingerprint density at radius 3 is 2.87 bits per heavy atom. The number of sulfonamides is 1. The van der Waals surface area contributed by atoms with E-state index >= 15 is 0 Å². The molecule has 10 heteroatoms. The minimum Gasteiger partial charge on any atom is -0.360 e. The van der Waals surface area contributed by atoms with Crippen LogP contribution in [-0.4, -0.2) is 55.3 Å². The van der Waals surface area contributed by atoms with Crippen molar-refractivity contribution in [2.75, 3.05) is 32.5 Å². The molecule has 166 valence electrons. The summed E-state index contributed by atoms with van der Waals surface area (Å²) in [5, 5.41) is 6.50. The molecule has 3 aromatic rings. The Bertz CT molecular complexity index is 1230. The molecule has 31 heavy (non-hydrogen) atoms. The molecule has 2 aliphatic rings. The highest BCUT2D eigenvalue weighted by atomic mass is 35.5. The number of fused-ring (bicyclic) bond motifs is 2. The summed E-state index contributed by atoms with van der Waals surface area (Å²) in [6, 6.07) is 5.40. The molecule has 1 saturated carbocycles. The van der Waals surface area contributed by atoms with Gasteiger partial charge in [-0.2, -0.15) is 4.31 Å². The number of likely N-dealkylation sites (N-methyl/N-ethyl adjacent to an activating group) is 1. The highest BCUT2D eigenvalue weighted by Crippen LogP contribution is 2.41. The summed E-state index contributed by atoms with van der Waals surface area (Å²) in [5.41, 5.74) is 2.03. The number of thiazole rings is 1. The van der Waals surface area contributed by atoms with Gasteiger partial charge in [0.15, 0.2) is 5.13 Å². The molecule has 1 aliphatic heterocycles. The zero-order valence-electron chi connectivity index (χ0n) is 17.5. The maximum atomic E-state index is 13.5. The molecule has 0 radical (unpaired) electrons. The van der Waals surface area contributed by atoms with Crippen LogP contribution in [0.25, 0.3) is 10.2 Å². The van der Waals surface area contributed by atoms with Crippen molar-refractivity contribution in [3.05, 3.63) is 39.0 Å². The monoisotopic (exact) mass is 496 g/mol. The number of hydrogen-bond donors (Lipinski definition) is 1. The van der Waals surface area contributed by atoms with Crippen molar-refractivity contribution in [1.29, 1.82) is 0 Å². The van der Waals surface area contributed by atoms with Crippen LogP contribution in [0.15, 0.2) is 28.5 Å². The van der Waals surface area contributed by atoms with Gasteiger partial charge in [-0.25, -0.2) is 13.4 Å². The standard InChI is InChI=1S/C21H25ClN4O2S3/c1-25(2)21(6-7-21)13-23-20-24-16-10-15(22)19(11-18(16)30-20)31(27,28)26-8-3-4-17-14(12-26)5-9-29-17/h5,9-11H,3-4,6-8,12-13H2,1-2H3,(H,23,24). The lowest BCUT2D eigenvalue weighted by atomic mass is 10.2. The van der Waals surface area contributed by atoms with E-state index in [0.717, 1.165) is 40.3 Å². The van der Waals surface area contributed by atoms with Crippen molar-refractivity contribution in [2.24, 2.45) is 0 Å². The fraction of sp³-hybridized carbons (Fsp3) is 0.476. The van der Waals surface area contributed by atoms with Crippen LogP contribution in [0.3, 0.4) is 0 Å². The van der Waals surface area contributed by atoms with E-state index in [0.29, 0.717) is 13.1 Å². The molecule has 0 amide bonds. The number of anilines is 1. The summed E-state index contributed by atoms with van der Waals surface area (Å²) in [4.78, 5) is 8.34. The Morgan fingerprint density at radius 2 is 2.13 bits per heavy atom. The third kappa shape index (κ3) is 4.00. The van der Waals surface area contributed by atoms with Gasteiger partial charge in [0.1, 0.15) is 4.90 Å². The third-order valence-electron chi connectivity index (χ3n) is 6.40. The summed E-state index contributed by atoms with van der Waals surface area (Å²) in [7, 11) is 0.508. The van der Waals surface area contributed by atoms with E-state index in [1.807, 2.05) is 11.4 Å². The molecule has 0 unspecified atom stereocenters. The zero-order chi connectivity index (χ0) is 21.8. The Hall–Kier alpha value is -1.23. The third-order valence-corrected chi connectivity index (χ3v) is 10.7. The van der Waals surface area contributed by atoms with Gasteiger partial charge in [-0.3, -0.25) is 0 Å². The zero-order valence-corrected chi connectivity index (χ0v) is 20.7. The molecule has 1 fully saturated rings. The number of aromatic nitrogens is 1. The van der Waals surface area contributed by atoms with Gasteiger partial charge in [-0.15, -0.1) is 11.3 Å². The molecular weight excluding hydrogens is 472 g/mol. The molecule has 5 rings (SSSR count). The number of rotatable bonds is 6. The lowest BCUT2D eigenvalue weighted by Gasteiger charge is -2.23. The predicted molar refractivity (Wildman–Crippen MR) is 129 cm³/mol. The first-order chi connectivity index (χ1) is 14.8. The minimum absolute atomic E-state index is 0.169. The molecule has 1 aromatic carbocycles. The Balaban J connectivity index is 1.42. The number of aryl methyl sites for hydroxylation is 1. The van der Waals surface area contributed by atoms with Crippen LogP contribution in [0, 0.1) is 0 Å². The van der Waals surface area contributed by atoms with Crippen LogP contribution in [0.5, 0.6) is 0 Å². The molecule has 1 aliphatic carbocycles. The summed E-state index contributed by atoms with van der Waals surface area (Å²) >= 11 is 9.65. The summed E-state index contributed by atoms with van der Waals surface area (Å²) < 4.78 is 29.4. The van der Waals surface area contributed by atoms with Crippen molar-refractivity contribution in [3.63, 3.8) is 0 Å². The molecule has 0 saturated heterocycles. The van der Waals surface area contributed by atoms with Crippen molar-refractivity contribution < 1.29 is 8.42 Å². The summed E-state index contributed by atoms with van der Waals surface area (Å²) in [6.45, 7) is 1.73. The van der Waals surface area contributed by atoms with E-state index in [4.69, 9.17) is 11.6 Å². The van der Waals surface area contributed by atoms with Crippen LogP contribution < -0.4 is 5.32 Å². The molecule has 2 aromatic heterocycles. The van der Waals surface area contributed by atoms with Crippen molar-refractivity contribution >= 4 is 59.6 Å².